The molecule has 0 atom stereocenters. The quantitative estimate of drug-likeness (QED) is 0.654. The molecule has 1 aromatic heterocycles. The Labute approximate surface area is 109 Å². The van der Waals surface area contributed by atoms with Gasteiger partial charge in [-0.05, 0) is 29.7 Å². The van der Waals surface area contributed by atoms with Crippen LogP contribution in [0, 0.1) is 0 Å². The molecule has 2 aromatic carbocycles. The zero-order valence-electron chi connectivity index (χ0n) is 10.4. The molecule has 0 fully saturated rings. The van der Waals surface area contributed by atoms with Gasteiger partial charge in [0.05, 0.1) is 0 Å². The summed E-state index contributed by atoms with van der Waals surface area (Å²) in [4.78, 5) is 25.9. The van der Waals surface area contributed by atoms with Gasteiger partial charge in [-0.2, -0.15) is 0 Å². The Morgan fingerprint density at radius 2 is 1.79 bits per heavy atom. The molecule has 2 N–H and O–H groups in total. The zero-order chi connectivity index (χ0) is 13.4. The van der Waals surface area contributed by atoms with Gasteiger partial charge in [0.2, 0.25) is 5.91 Å². The van der Waals surface area contributed by atoms with Crippen LogP contribution in [0.1, 0.15) is 6.92 Å². The number of rotatable bonds is 1. The first-order valence-corrected chi connectivity index (χ1v) is 5.97. The van der Waals surface area contributed by atoms with E-state index in [-0.39, 0.29) is 11.5 Å². The molecule has 1 amide bonds. The summed E-state index contributed by atoms with van der Waals surface area (Å²) < 4.78 is 0. The lowest BCUT2D eigenvalue weighted by Gasteiger charge is -2.06. The highest BCUT2D eigenvalue weighted by atomic mass is 16.1. The van der Waals surface area contributed by atoms with Crippen molar-refractivity contribution in [3.63, 3.8) is 0 Å². The second kappa shape index (κ2) is 4.24. The third kappa shape index (κ3) is 1.97. The number of aromatic nitrogens is 1. The van der Waals surface area contributed by atoms with Crippen LogP contribution in [0.5, 0.6) is 0 Å². The van der Waals surface area contributed by atoms with E-state index in [2.05, 4.69) is 10.3 Å². The first-order valence-electron chi connectivity index (χ1n) is 5.97. The fraction of sp³-hybridized carbons (Fsp3) is 0.0667. The van der Waals surface area contributed by atoms with Crippen molar-refractivity contribution >= 4 is 33.3 Å². The normalized spacial score (nSPS) is 10.8. The second-order valence-corrected chi connectivity index (χ2v) is 4.44. The van der Waals surface area contributed by atoms with Crippen molar-refractivity contribution < 1.29 is 4.79 Å². The van der Waals surface area contributed by atoms with Gasteiger partial charge in [0.25, 0.3) is 5.56 Å². The van der Waals surface area contributed by atoms with E-state index in [0.717, 1.165) is 22.0 Å². The largest absolute Gasteiger partial charge is 0.326 e. The lowest BCUT2D eigenvalue weighted by atomic mass is 10.1. The van der Waals surface area contributed by atoms with Gasteiger partial charge in [0.1, 0.15) is 0 Å². The van der Waals surface area contributed by atoms with Crippen LogP contribution in [-0.4, -0.2) is 10.9 Å². The van der Waals surface area contributed by atoms with Gasteiger partial charge in [-0.15, -0.1) is 0 Å². The number of fused-ring (bicyclic) bond motifs is 3. The van der Waals surface area contributed by atoms with Gasteiger partial charge >= 0.3 is 0 Å². The van der Waals surface area contributed by atoms with E-state index >= 15 is 0 Å². The Bertz CT molecular complexity index is 850. The highest BCUT2D eigenvalue weighted by Crippen LogP contribution is 2.24. The molecule has 0 aliphatic carbocycles. The molecule has 0 saturated carbocycles. The third-order valence-electron chi connectivity index (χ3n) is 3.05. The Kier molecular flexibility index (Phi) is 2.56. The molecule has 1 heterocycles. The molecule has 0 saturated heterocycles. The van der Waals surface area contributed by atoms with Crippen molar-refractivity contribution in [3.05, 3.63) is 52.8 Å². The van der Waals surface area contributed by atoms with Crippen LogP contribution in [0.4, 0.5) is 5.69 Å². The van der Waals surface area contributed by atoms with E-state index < -0.39 is 0 Å². The molecular weight excluding hydrogens is 240 g/mol. The van der Waals surface area contributed by atoms with Gasteiger partial charge in [-0.3, -0.25) is 9.59 Å². The lowest BCUT2D eigenvalue weighted by Crippen LogP contribution is -2.08. The molecule has 0 bridgehead atoms. The van der Waals surface area contributed by atoms with Gasteiger partial charge in [-0.1, -0.05) is 18.2 Å². The number of pyridine rings is 1. The molecule has 0 spiro atoms. The third-order valence-corrected chi connectivity index (χ3v) is 3.05. The number of benzene rings is 2. The van der Waals surface area contributed by atoms with Crippen LogP contribution in [0.3, 0.4) is 0 Å². The number of amides is 1. The summed E-state index contributed by atoms with van der Waals surface area (Å²) in [6.45, 7) is 1.47. The summed E-state index contributed by atoms with van der Waals surface area (Å²) in [5, 5.41) is 5.19. The van der Waals surface area contributed by atoms with Crippen LogP contribution in [-0.2, 0) is 4.79 Å². The predicted octanol–water partition coefficient (Wildman–Crippen LogP) is 2.64. The van der Waals surface area contributed by atoms with Crippen LogP contribution >= 0.6 is 0 Å². The monoisotopic (exact) mass is 252 g/mol. The number of carbonyl (C=O) groups is 1. The Morgan fingerprint density at radius 1 is 1.05 bits per heavy atom. The number of hydrogen-bond donors (Lipinski definition) is 2. The number of H-pyrrole nitrogens is 1. The SMILES string of the molecule is CC(=O)Nc1ccc2[nH]c(=O)c3ccccc3c2c1. The summed E-state index contributed by atoms with van der Waals surface area (Å²) in [5.41, 5.74) is 1.38. The molecular formula is C15H12N2O2. The first-order chi connectivity index (χ1) is 9.15. The zero-order valence-corrected chi connectivity index (χ0v) is 10.4. The molecule has 0 radical (unpaired) electrons. The van der Waals surface area contributed by atoms with E-state index in [0.29, 0.717) is 5.39 Å². The number of hydrogen-bond acceptors (Lipinski definition) is 2. The molecule has 3 aromatic rings. The maximum Gasteiger partial charge on any atom is 0.256 e. The smallest absolute Gasteiger partial charge is 0.256 e. The van der Waals surface area contributed by atoms with Crippen molar-refractivity contribution in [3.8, 4) is 0 Å². The minimum atomic E-state index is -0.118. The van der Waals surface area contributed by atoms with Crippen LogP contribution in [0.15, 0.2) is 47.3 Å². The van der Waals surface area contributed by atoms with Gasteiger partial charge in [-0.25, -0.2) is 0 Å². The van der Waals surface area contributed by atoms with E-state index in [1.807, 2.05) is 24.3 Å². The second-order valence-electron chi connectivity index (χ2n) is 4.44. The maximum atomic E-state index is 11.9. The van der Waals surface area contributed by atoms with Crippen molar-refractivity contribution in [2.75, 3.05) is 5.32 Å². The molecule has 94 valence electrons. The van der Waals surface area contributed by atoms with Crippen molar-refractivity contribution in [1.29, 1.82) is 0 Å². The number of nitrogens with one attached hydrogen (secondary N) is 2. The van der Waals surface area contributed by atoms with Crippen LogP contribution < -0.4 is 10.9 Å². The van der Waals surface area contributed by atoms with Crippen LogP contribution in [0.25, 0.3) is 21.7 Å². The molecule has 0 aliphatic rings. The number of carbonyl (C=O) groups excluding carboxylic acids is 1. The standard InChI is InChI=1S/C15H12N2O2/c1-9(18)16-10-6-7-14-13(8-10)11-4-2-3-5-12(11)15(19)17-14/h2-8H,1H3,(H,16,18)(H,17,19). The molecule has 4 nitrogen and oxygen atoms in total. The highest BCUT2D eigenvalue weighted by molar-refractivity contribution is 6.07. The Hall–Kier alpha value is -2.62. The fourth-order valence-corrected chi connectivity index (χ4v) is 2.26. The van der Waals surface area contributed by atoms with Gasteiger partial charge < -0.3 is 10.3 Å². The predicted molar refractivity (Wildman–Crippen MR) is 76.4 cm³/mol. The van der Waals surface area contributed by atoms with E-state index in [1.165, 1.54) is 6.92 Å². The topological polar surface area (TPSA) is 62.0 Å². The van der Waals surface area contributed by atoms with Crippen molar-refractivity contribution in [2.24, 2.45) is 0 Å². The summed E-state index contributed by atoms with van der Waals surface area (Å²) in [6, 6.07) is 12.9. The van der Waals surface area contributed by atoms with Crippen molar-refractivity contribution in [2.45, 2.75) is 6.92 Å². The summed E-state index contributed by atoms with van der Waals surface area (Å²) in [5.74, 6) is -0.118. The van der Waals surface area contributed by atoms with E-state index in [4.69, 9.17) is 0 Å². The highest BCUT2D eigenvalue weighted by Gasteiger charge is 2.05. The molecule has 19 heavy (non-hydrogen) atoms. The summed E-state index contributed by atoms with van der Waals surface area (Å²) >= 11 is 0. The van der Waals surface area contributed by atoms with Crippen LogP contribution in [0.2, 0.25) is 0 Å². The molecule has 0 aliphatic heterocycles. The van der Waals surface area contributed by atoms with E-state index in [9.17, 15) is 9.59 Å². The van der Waals surface area contributed by atoms with Crippen molar-refractivity contribution in [1.82, 2.24) is 4.98 Å². The average Bonchev–Trinajstić information content (AvgIpc) is 2.39. The van der Waals surface area contributed by atoms with E-state index in [1.54, 1.807) is 18.2 Å². The maximum absolute atomic E-state index is 11.9. The average molecular weight is 252 g/mol. The van der Waals surface area contributed by atoms with Gasteiger partial charge in [0, 0.05) is 28.9 Å². The molecule has 4 heteroatoms. The lowest BCUT2D eigenvalue weighted by molar-refractivity contribution is -0.114. The minimum Gasteiger partial charge on any atom is -0.326 e. The van der Waals surface area contributed by atoms with Gasteiger partial charge in [0.15, 0.2) is 0 Å². The molecule has 3 rings (SSSR count). The Balaban J connectivity index is 2.37. The number of anilines is 1. The fourth-order valence-electron chi connectivity index (χ4n) is 2.26. The molecule has 0 unspecified atom stereocenters. The Morgan fingerprint density at radius 3 is 2.53 bits per heavy atom. The first kappa shape index (κ1) is 11.5. The number of aromatic amines is 1. The summed E-state index contributed by atoms with van der Waals surface area (Å²) in [6.07, 6.45) is 0. The minimum absolute atomic E-state index is 0.102. The summed E-state index contributed by atoms with van der Waals surface area (Å²) in [7, 11) is 0.